The van der Waals surface area contributed by atoms with Gasteiger partial charge in [-0.25, -0.2) is 0 Å². The van der Waals surface area contributed by atoms with Crippen LogP contribution in [0.3, 0.4) is 0 Å². The highest BCUT2D eigenvalue weighted by molar-refractivity contribution is 5.94. The van der Waals surface area contributed by atoms with Crippen molar-refractivity contribution in [3.63, 3.8) is 0 Å². The molecule has 0 aliphatic rings. The van der Waals surface area contributed by atoms with Crippen LogP contribution in [0.1, 0.15) is 41.7 Å². The Hall–Kier alpha value is -1.42. The zero-order chi connectivity index (χ0) is 12.5. The molecule has 1 heterocycles. The van der Waals surface area contributed by atoms with E-state index in [4.69, 9.17) is 5.11 Å². The number of pyridine rings is 1. The second-order valence-electron chi connectivity index (χ2n) is 4.08. The Morgan fingerprint density at radius 3 is 2.82 bits per heavy atom. The van der Waals surface area contributed by atoms with Gasteiger partial charge in [0.05, 0.1) is 0 Å². The van der Waals surface area contributed by atoms with E-state index < -0.39 is 0 Å². The molecule has 0 atom stereocenters. The molecular weight excluding hydrogens is 216 g/mol. The first kappa shape index (κ1) is 13.6. The van der Waals surface area contributed by atoms with Crippen molar-refractivity contribution < 1.29 is 9.90 Å². The van der Waals surface area contributed by atoms with Crippen molar-refractivity contribution in [1.82, 2.24) is 10.3 Å². The lowest BCUT2D eigenvalue weighted by atomic mass is 10.2. The molecule has 2 N–H and O–H groups in total. The number of rotatable bonds is 7. The Labute approximate surface area is 102 Å². The van der Waals surface area contributed by atoms with Gasteiger partial charge in [0.15, 0.2) is 0 Å². The highest BCUT2D eigenvalue weighted by Gasteiger charge is 2.04. The van der Waals surface area contributed by atoms with Crippen molar-refractivity contribution in [2.24, 2.45) is 0 Å². The van der Waals surface area contributed by atoms with E-state index in [1.165, 1.54) is 0 Å². The summed E-state index contributed by atoms with van der Waals surface area (Å²) >= 11 is 0. The zero-order valence-electron chi connectivity index (χ0n) is 10.3. The molecule has 94 valence electrons. The smallest absolute Gasteiger partial charge is 0.251 e. The van der Waals surface area contributed by atoms with Crippen LogP contribution in [0, 0.1) is 6.92 Å². The topological polar surface area (TPSA) is 62.2 Å². The third kappa shape index (κ3) is 5.45. The number of unbranched alkanes of at least 4 members (excludes halogenated alkanes) is 3. The molecule has 0 fully saturated rings. The summed E-state index contributed by atoms with van der Waals surface area (Å²) in [6.45, 7) is 2.81. The number of aryl methyl sites for hydroxylation is 1. The minimum atomic E-state index is -0.0438. The fourth-order valence-corrected chi connectivity index (χ4v) is 1.58. The van der Waals surface area contributed by atoms with E-state index in [9.17, 15) is 4.79 Å². The molecule has 1 amide bonds. The van der Waals surface area contributed by atoms with Gasteiger partial charge in [-0.05, 0) is 31.9 Å². The molecule has 4 nitrogen and oxygen atoms in total. The maximum absolute atomic E-state index is 11.7. The van der Waals surface area contributed by atoms with E-state index in [0.29, 0.717) is 12.1 Å². The second kappa shape index (κ2) is 7.79. The van der Waals surface area contributed by atoms with Crippen LogP contribution in [-0.4, -0.2) is 29.1 Å². The summed E-state index contributed by atoms with van der Waals surface area (Å²) in [7, 11) is 0. The van der Waals surface area contributed by atoms with E-state index in [-0.39, 0.29) is 12.5 Å². The number of carbonyl (C=O) groups excluding carboxylic acids is 1. The van der Waals surface area contributed by atoms with E-state index in [2.05, 4.69) is 10.3 Å². The van der Waals surface area contributed by atoms with E-state index >= 15 is 0 Å². The van der Waals surface area contributed by atoms with Gasteiger partial charge < -0.3 is 10.4 Å². The molecule has 1 aromatic rings. The molecule has 0 aromatic carbocycles. The third-order valence-electron chi connectivity index (χ3n) is 2.53. The lowest BCUT2D eigenvalue weighted by Crippen LogP contribution is -2.24. The fourth-order valence-electron chi connectivity index (χ4n) is 1.58. The summed E-state index contributed by atoms with van der Waals surface area (Å²) in [6, 6.07) is 3.50. The molecule has 0 unspecified atom stereocenters. The van der Waals surface area contributed by atoms with E-state index in [1.54, 1.807) is 18.3 Å². The molecule has 17 heavy (non-hydrogen) atoms. The Morgan fingerprint density at radius 2 is 2.12 bits per heavy atom. The molecule has 0 spiro atoms. The molecule has 0 radical (unpaired) electrons. The fraction of sp³-hybridized carbons (Fsp3) is 0.538. The number of nitrogens with zero attached hydrogens (tertiary/aromatic N) is 1. The first-order valence-electron chi connectivity index (χ1n) is 6.06. The van der Waals surface area contributed by atoms with Crippen LogP contribution < -0.4 is 5.32 Å². The van der Waals surface area contributed by atoms with Gasteiger partial charge in [0.25, 0.3) is 5.91 Å². The summed E-state index contributed by atoms with van der Waals surface area (Å²) in [6.07, 6.45) is 5.50. The van der Waals surface area contributed by atoms with Crippen molar-refractivity contribution in [2.75, 3.05) is 13.2 Å². The number of carbonyl (C=O) groups is 1. The average molecular weight is 236 g/mol. The van der Waals surface area contributed by atoms with Crippen LogP contribution in [0.25, 0.3) is 0 Å². The number of amides is 1. The molecule has 1 aromatic heterocycles. The third-order valence-corrected chi connectivity index (χ3v) is 2.53. The Morgan fingerprint density at radius 1 is 1.35 bits per heavy atom. The number of aromatic nitrogens is 1. The van der Waals surface area contributed by atoms with Gasteiger partial charge >= 0.3 is 0 Å². The lowest BCUT2D eigenvalue weighted by Gasteiger charge is -2.05. The van der Waals surface area contributed by atoms with Crippen molar-refractivity contribution in [3.05, 3.63) is 29.6 Å². The standard InChI is InChI=1S/C13H20N2O2/c1-11-10-12(6-8-14-11)13(17)15-7-4-2-3-5-9-16/h6,8,10,16H,2-5,7,9H2,1H3,(H,15,17). The minimum Gasteiger partial charge on any atom is -0.396 e. The summed E-state index contributed by atoms with van der Waals surface area (Å²) in [5, 5.41) is 11.5. The predicted molar refractivity (Wildman–Crippen MR) is 66.9 cm³/mol. The van der Waals surface area contributed by atoms with Gasteiger partial charge in [-0.1, -0.05) is 12.8 Å². The quantitative estimate of drug-likeness (QED) is 0.708. The molecule has 0 saturated carbocycles. The van der Waals surface area contributed by atoms with Gasteiger partial charge in [0.2, 0.25) is 0 Å². The number of hydrogen-bond acceptors (Lipinski definition) is 3. The largest absolute Gasteiger partial charge is 0.396 e. The van der Waals surface area contributed by atoms with Crippen molar-refractivity contribution in [2.45, 2.75) is 32.6 Å². The van der Waals surface area contributed by atoms with Gasteiger partial charge in [-0.15, -0.1) is 0 Å². The molecule has 4 heteroatoms. The van der Waals surface area contributed by atoms with Crippen molar-refractivity contribution in [3.8, 4) is 0 Å². The molecular formula is C13H20N2O2. The first-order valence-corrected chi connectivity index (χ1v) is 6.06. The maximum Gasteiger partial charge on any atom is 0.251 e. The van der Waals surface area contributed by atoms with Crippen LogP contribution >= 0.6 is 0 Å². The van der Waals surface area contributed by atoms with Crippen LogP contribution in [-0.2, 0) is 0 Å². The van der Waals surface area contributed by atoms with Crippen LogP contribution in [0.15, 0.2) is 18.3 Å². The predicted octanol–water partition coefficient (Wildman–Crippen LogP) is 1.67. The summed E-state index contributed by atoms with van der Waals surface area (Å²) in [4.78, 5) is 15.8. The SMILES string of the molecule is Cc1cc(C(=O)NCCCCCCO)ccn1. The molecule has 1 rings (SSSR count). The minimum absolute atomic E-state index is 0.0438. The van der Waals surface area contributed by atoms with Crippen molar-refractivity contribution in [1.29, 1.82) is 0 Å². The molecule has 0 bridgehead atoms. The van der Waals surface area contributed by atoms with Gasteiger partial charge in [-0.2, -0.15) is 0 Å². The number of aliphatic hydroxyl groups excluding tert-OH is 1. The average Bonchev–Trinajstić information content (AvgIpc) is 2.33. The van der Waals surface area contributed by atoms with Gasteiger partial charge in [-0.3, -0.25) is 9.78 Å². The number of hydrogen-bond donors (Lipinski definition) is 2. The van der Waals surface area contributed by atoms with Crippen molar-refractivity contribution >= 4 is 5.91 Å². The first-order chi connectivity index (χ1) is 8.24. The summed E-state index contributed by atoms with van der Waals surface area (Å²) < 4.78 is 0. The Balaban J connectivity index is 2.21. The van der Waals surface area contributed by atoms with Gasteiger partial charge in [0, 0.05) is 30.6 Å². The van der Waals surface area contributed by atoms with Crippen LogP contribution in [0.2, 0.25) is 0 Å². The monoisotopic (exact) mass is 236 g/mol. The molecule has 0 aliphatic heterocycles. The maximum atomic E-state index is 11.7. The van der Waals surface area contributed by atoms with Crippen LogP contribution in [0.4, 0.5) is 0 Å². The van der Waals surface area contributed by atoms with E-state index in [1.807, 2.05) is 6.92 Å². The van der Waals surface area contributed by atoms with Crippen LogP contribution in [0.5, 0.6) is 0 Å². The van der Waals surface area contributed by atoms with E-state index in [0.717, 1.165) is 31.4 Å². The highest BCUT2D eigenvalue weighted by atomic mass is 16.2. The highest BCUT2D eigenvalue weighted by Crippen LogP contribution is 2.01. The Kier molecular flexibility index (Phi) is 6.25. The molecule has 0 saturated heterocycles. The Bertz CT molecular complexity index is 353. The number of aliphatic hydroxyl groups is 1. The summed E-state index contributed by atoms with van der Waals surface area (Å²) in [5.74, 6) is -0.0438. The normalized spacial score (nSPS) is 10.2. The second-order valence-corrected chi connectivity index (χ2v) is 4.08. The van der Waals surface area contributed by atoms with Gasteiger partial charge in [0.1, 0.15) is 0 Å². The number of nitrogens with one attached hydrogen (secondary N) is 1. The lowest BCUT2D eigenvalue weighted by molar-refractivity contribution is 0.0952. The molecule has 0 aliphatic carbocycles. The zero-order valence-corrected chi connectivity index (χ0v) is 10.3. The summed E-state index contributed by atoms with van der Waals surface area (Å²) in [5.41, 5.74) is 1.51.